The fourth-order valence-corrected chi connectivity index (χ4v) is 2.20. The van der Waals surface area contributed by atoms with Crippen LogP contribution in [0.25, 0.3) is 0 Å². The molecule has 1 heterocycles. The lowest BCUT2D eigenvalue weighted by molar-refractivity contribution is -0.137. The van der Waals surface area contributed by atoms with E-state index in [2.05, 4.69) is 0 Å². The molecule has 7 heteroatoms. The van der Waals surface area contributed by atoms with Gasteiger partial charge >= 0.3 is 0 Å². The second-order valence-electron chi connectivity index (χ2n) is 4.87. The Labute approximate surface area is 119 Å². The van der Waals surface area contributed by atoms with E-state index in [1.165, 1.54) is 0 Å². The third kappa shape index (κ3) is 5.85. The first-order valence-corrected chi connectivity index (χ1v) is 7.06. The van der Waals surface area contributed by atoms with Crippen molar-refractivity contribution in [3.63, 3.8) is 0 Å². The van der Waals surface area contributed by atoms with Crippen LogP contribution in [0.1, 0.15) is 26.2 Å². The molecule has 0 aromatic rings. The van der Waals surface area contributed by atoms with Gasteiger partial charge in [0.05, 0.1) is 31.8 Å². The Morgan fingerprint density at radius 3 is 2.50 bits per heavy atom. The average molecular weight is 287 g/mol. The number of primary amides is 1. The minimum atomic E-state index is -0.831. The summed E-state index contributed by atoms with van der Waals surface area (Å²) in [6.45, 7) is 5.01. The van der Waals surface area contributed by atoms with Gasteiger partial charge in [-0.1, -0.05) is 0 Å². The zero-order valence-electron chi connectivity index (χ0n) is 12.0. The molecule has 2 amide bonds. The molecule has 0 aromatic heterocycles. The van der Waals surface area contributed by atoms with E-state index < -0.39 is 11.9 Å². The van der Waals surface area contributed by atoms with Gasteiger partial charge in [-0.2, -0.15) is 0 Å². The van der Waals surface area contributed by atoms with Crippen LogP contribution in [0.2, 0.25) is 0 Å². The molecule has 1 rings (SSSR count). The van der Waals surface area contributed by atoms with Gasteiger partial charge in [-0.05, 0) is 19.8 Å². The lowest BCUT2D eigenvalue weighted by Gasteiger charge is -2.33. The van der Waals surface area contributed by atoms with Crippen LogP contribution in [0, 0.1) is 0 Å². The summed E-state index contributed by atoms with van der Waals surface area (Å²) in [4.78, 5) is 24.4. The van der Waals surface area contributed by atoms with Crippen molar-refractivity contribution in [3.8, 4) is 0 Å². The molecule has 0 aromatic carbocycles. The minimum absolute atomic E-state index is 0.108. The Kier molecular flexibility index (Phi) is 7.50. The van der Waals surface area contributed by atoms with Crippen molar-refractivity contribution < 1.29 is 19.1 Å². The predicted molar refractivity (Wildman–Crippen MR) is 73.8 cm³/mol. The monoisotopic (exact) mass is 287 g/mol. The molecule has 1 atom stereocenters. The molecular formula is C13H25N3O4. The summed E-state index contributed by atoms with van der Waals surface area (Å²) in [5.41, 5.74) is 10.7. The highest BCUT2D eigenvalue weighted by atomic mass is 16.5. The van der Waals surface area contributed by atoms with Crippen molar-refractivity contribution in [1.82, 2.24) is 4.90 Å². The molecule has 20 heavy (non-hydrogen) atoms. The van der Waals surface area contributed by atoms with E-state index in [1.807, 2.05) is 6.92 Å². The molecule has 0 spiro atoms. The fraction of sp³-hybridized carbons (Fsp3) is 0.846. The number of hydrogen-bond donors (Lipinski definition) is 2. The van der Waals surface area contributed by atoms with E-state index >= 15 is 0 Å². The number of carbonyl (C=O) groups is 2. The van der Waals surface area contributed by atoms with Gasteiger partial charge in [0.1, 0.15) is 0 Å². The summed E-state index contributed by atoms with van der Waals surface area (Å²) >= 11 is 0. The summed E-state index contributed by atoms with van der Waals surface area (Å²) in [5.74, 6) is -0.767. The number of nitrogens with two attached hydrogens (primary N) is 2. The molecular weight excluding hydrogens is 262 g/mol. The Hall–Kier alpha value is -1.18. The molecule has 1 saturated heterocycles. The summed E-state index contributed by atoms with van der Waals surface area (Å²) in [5, 5.41) is 0. The van der Waals surface area contributed by atoms with Gasteiger partial charge in [0.15, 0.2) is 0 Å². The lowest BCUT2D eigenvalue weighted by atomic mass is 10.1. The summed E-state index contributed by atoms with van der Waals surface area (Å²) in [6.07, 6.45) is 1.61. The second-order valence-corrected chi connectivity index (χ2v) is 4.87. The topological polar surface area (TPSA) is 108 Å². The highest BCUT2D eigenvalue weighted by Gasteiger charge is 2.27. The number of piperidine rings is 1. The summed E-state index contributed by atoms with van der Waals surface area (Å²) < 4.78 is 10.9. The van der Waals surface area contributed by atoms with Crippen molar-refractivity contribution in [2.24, 2.45) is 11.5 Å². The normalized spacial score (nSPS) is 18.0. The summed E-state index contributed by atoms with van der Waals surface area (Å²) in [6, 6.07) is -0.831. The van der Waals surface area contributed by atoms with E-state index in [1.54, 1.807) is 4.90 Å². The number of nitrogens with zero attached hydrogens (tertiary/aromatic N) is 1. The van der Waals surface area contributed by atoms with Gasteiger partial charge in [-0.25, -0.2) is 0 Å². The van der Waals surface area contributed by atoms with E-state index in [-0.39, 0.29) is 18.4 Å². The van der Waals surface area contributed by atoms with E-state index in [9.17, 15) is 9.59 Å². The molecule has 1 aliphatic rings. The number of rotatable bonds is 8. The largest absolute Gasteiger partial charge is 0.379 e. The average Bonchev–Trinajstić information content (AvgIpc) is 2.43. The first kappa shape index (κ1) is 16.9. The van der Waals surface area contributed by atoms with Gasteiger partial charge < -0.3 is 25.8 Å². The lowest BCUT2D eigenvalue weighted by Crippen LogP contribution is -2.49. The first-order valence-electron chi connectivity index (χ1n) is 7.06. The smallest absolute Gasteiger partial charge is 0.240 e. The third-order valence-corrected chi connectivity index (χ3v) is 3.28. The van der Waals surface area contributed by atoms with Crippen molar-refractivity contribution in [2.45, 2.75) is 38.3 Å². The van der Waals surface area contributed by atoms with Crippen LogP contribution in [0.15, 0.2) is 0 Å². The Bertz CT molecular complexity index is 317. The number of likely N-dealkylation sites (tertiary alicyclic amines) is 1. The molecule has 0 aliphatic carbocycles. The molecule has 0 saturated carbocycles. The number of hydrogen-bond acceptors (Lipinski definition) is 5. The maximum Gasteiger partial charge on any atom is 0.240 e. The zero-order chi connectivity index (χ0) is 15.0. The van der Waals surface area contributed by atoms with Crippen LogP contribution in [-0.2, 0) is 19.1 Å². The molecule has 0 radical (unpaired) electrons. The van der Waals surface area contributed by atoms with Crippen LogP contribution in [0.4, 0.5) is 0 Å². The van der Waals surface area contributed by atoms with Crippen LogP contribution in [0.5, 0.6) is 0 Å². The SMILES string of the molecule is CCOCCOC1CCN(C(=O)C(N)CC(N)=O)CC1. The highest BCUT2D eigenvalue weighted by molar-refractivity contribution is 5.87. The van der Waals surface area contributed by atoms with Crippen molar-refractivity contribution >= 4 is 11.8 Å². The van der Waals surface area contributed by atoms with Crippen LogP contribution in [-0.4, -0.2) is 61.8 Å². The molecule has 1 unspecified atom stereocenters. The number of carbonyl (C=O) groups excluding carboxylic acids is 2. The molecule has 1 aliphatic heterocycles. The summed E-state index contributed by atoms with van der Waals surface area (Å²) in [7, 11) is 0. The molecule has 116 valence electrons. The van der Waals surface area contributed by atoms with Crippen LogP contribution >= 0.6 is 0 Å². The Morgan fingerprint density at radius 1 is 1.30 bits per heavy atom. The second kappa shape index (κ2) is 8.89. The first-order chi connectivity index (χ1) is 9.54. The van der Waals surface area contributed by atoms with Crippen molar-refractivity contribution in [3.05, 3.63) is 0 Å². The predicted octanol–water partition coefficient (Wildman–Crippen LogP) is -0.767. The van der Waals surface area contributed by atoms with E-state index in [0.29, 0.717) is 32.9 Å². The number of amides is 2. The van der Waals surface area contributed by atoms with Crippen molar-refractivity contribution in [2.75, 3.05) is 32.9 Å². The van der Waals surface area contributed by atoms with E-state index in [4.69, 9.17) is 20.9 Å². The van der Waals surface area contributed by atoms with Gasteiger partial charge in [-0.3, -0.25) is 9.59 Å². The van der Waals surface area contributed by atoms with Gasteiger partial charge in [-0.15, -0.1) is 0 Å². The molecule has 1 fully saturated rings. The maximum absolute atomic E-state index is 12.0. The van der Waals surface area contributed by atoms with Crippen molar-refractivity contribution in [1.29, 1.82) is 0 Å². The van der Waals surface area contributed by atoms with Gasteiger partial charge in [0.2, 0.25) is 11.8 Å². The standard InChI is InChI=1S/C13H25N3O4/c1-2-19-7-8-20-10-3-5-16(6-4-10)13(18)11(14)9-12(15)17/h10-11H,2-9,14H2,1H3,(H2,15,17). The van der Waals surface area contributed by atoms with Gasteiger partial charge in [0, 0.05) is 19.7 Å². The molecule has 7 nitrogen and oxygen atoms in total. The maximum atomic E-state index is 12.0. The van der Waals surface area contributed by atoms with Gasteiger partial charge in [0.25, 0.3) is 0 Å². The quantitative estimate of drug-likeness (QED) is 0.570. The third-order valence-electron chi connectivity index (χ3n) is 3.28. The highest BCUT2D eigenvalue weighted by Crippen LogP contribution is 2.14. The Balaban J connectivity index is 2.24. The molecule has 0 bridgehead atoms. The number of ether oxygens (including phenoxy) is 2. The molecule has 4 N–H and O–H groups in total. The zero-order valence-corrected chi connectivity index (χ0v) is 12.0. The van der Waals surface area contributed by atoms with E-state index in [0.717, 1.165) is 12.8 Å². The minimum Gasteiger partial charge on any atom is -0.379 e. The van der Waals surface area contributed by atoms with Crippen LogP contribution in [0.3, 0.4) is 0 Å². The Morgan fingerprint density at radius 2 is 1.95 bits per heavy atom. The van der Waals surface area contributed by atoms with Crippen LogP contribution < -0.4 is 11.5 Å². The fourth-order valence-electron chi connectivity index (χ4n) is 2.20.